The Balaban J connectivity index is 1.50. The van der Waals surface area contributed by atoms with E-state index in [4.69, 9.17) is 9.47 Å². The number of hydrogen-bond donors (Lipinski definition) is 0. The molecule has 1 aliphatic heterocycles. The van der Waals surface area contributed by atoms with E-state index in [1.54, 1.807) is 14.2 Å². The van der Waals surface area contributed by atoms with Gasteiger partial charge in [0.2, 0.25) is 0 Å². The van der Waals surface area contributed by atoms with Crippen LogP contribution in [0.2, 0.25) is 0 Å². The van der Waals surface area contributed by atoms with Gasteiger partial charge in [0.15, 0.2) is 0 Å². The Morgan fingerprint density at radius 2 is 1.96 bits per heavy atom. The topological polar surface area (TPSA) is 42.8 Å². The molecule has 1 fully saturated rings. The number of rotatable bonds is 10. The predicted molar refractivity (Wildman–Crippen MR) is 111 cm³/mol. The molecule has 1 aromatic carbocycles. The number of imidazole rings is 1. The molecule has 1 aromatic heterocycles. The first-order chi connectivity index (χ1) is 13.7. The molecule has 1 aliphatic rings. The maximum atomic E-state index is 5.50. The number of hydrogen-bond acceptors (Lipinski definition) is 5. The third kappa shape index (κ3) is 5.80. The van der Waals surface area contributed by atoms with Crippen LogP contribution in [0.3, 0.4) is 0 Å². The lowest BCUT2D eigenvalue weighted by Gasteiger charge is -2.35. The van der Waals surface area contributed by atoms with Crippen LogP contribution in [0.5, 0.6) is 5.75 Å². The Bertz CT molecular complexity index is 710. The van der Waals surface area contributed by atoms with Gasteiger partial charge in [-0.1, -0.05) is 18.2 Å². The van der Waals surface area contributed by atoms with Crippen molar-refractivity contribution in [2.45, 2.75) is 25.9 Å². The van der Waals surface area contributed by atoms with E-state index in [0.29, 0.717) is 0 Å². The summed E-state index contributed by atoms with van der Waals surface area (Å²) in [7, 11) is 5.59. The maximum absolute atomic E-state index is 5.50. The number of likely N-dealkylation sites (tertiary alicyclic amines) is 1. The van der Waals surface area contributed by atoms with E-state index in [0.717, 1.165) is 63.4 Å². The molecule has 2 heterocycles. The van der Waals surface area contributed by atoms with Crippen LogP contribution in [0, 0.1) is 5.92 Å². The first kappa shape index (κ1) is 20.8. The molecule has 154 valence electrons. The molecule has 3 rings (SSSR count). The lowest BCUT2D eigenvalue weighted by atomic mass is 9.95. The Morgan fingerprint density at radius 1 is 1.18 bits per heavy atom. The van der Waals surface area contributed by atoms with E-state index in [9.17, 15) is 0 Å². The zero-order valence-electron chi connectivity index (χ0n) is 17.5. The Kier molecular flexibility index (Phi) is 7.89. The minimum Gasteiger partial charge on any atom is -0.496 e. The van der Waals surface area contributed by atoms with E-state index in [1.807, 2.05) is 24.5 Å². The van der Waals surface area contributed by atoms with E-state index in [2.05, 4.69) is 38.5 Å². The van der Waals surface area contributed by atoms with Gasteiger partial charge < -0.3 is 14.0 Å². The van der Waals surface area contributed by atoms with Crippen LogP contribution < -0.4 is 4.74 Å². The Morgan fingerprint density at radius 3 is 2.64 bits per heavy atom. The van der Waals surface area contributed by atoms with Gasteiger partial charge in [-0.05, 0) is 37.9 Å². The zero-order valence-corrected chi connectivity index (χ0v) is 17.5. The Labute approximate surface area is 169 Å². The number of piperidine rings is 1. The SMILES string of the molecule is COCCN(Cc1nccn1C)CC1CCN(Cc2ccccc2OC)CC1. The molecule has 28 heavy (non-hydrogen) atoms. The van der Waals surface area contributed by atoms with Crippen LogP contribution in [0.15, 0.2) is 36.7 Å². The summed E-state index contributed by atoms with van der Waals surface area (Å²) in [5, 5.41) is 0. The molecule has 0 aliphatic carbocycles. The summed E-state index contributed by atoms with van der Waals surface area (Å²) in [4.78, 5) is 9.53. The summed E-state index contributed by atoms with van der Waals surface area (Å²) >= 11 is 0. The number of para-hydroxylation sites is 1. The van der Waals surface area contributed by atoms with Crippen molar-refractivity contribution in [3.63, 3.8) is 0 Å². The minimum atomic E-state index is 0.728. The van der Waals surface area contributed by atoms with Crippen molar-refractivity contribution in [1.82, 2.24) is 19.4 Å². The van der Waals surface area contributed by atoms with Gasteiger partial charge in [0.05, 0.1) is 20.3 Å². The van der Waals surface area contributed by atoms with Crippen molar-refractivity contribution in [1.29, 1.82) is 0 Å². The summed E-state index contributed by atoms with van der Waals surface area (Å²) in [5.74, 6) is 2.83. The van der Waals surface area contributed by atoms with Gasteiger partial charge >= 0.3 is 0 Å². The predicted octanol–water partition coefficient (Wildman–Crippen LogP) is 2.79. The minimum absolute atomic E-state index is 0.728. The first-order valence-corrected chi connectivity index (χ1v) is 10.2. The highest BCUT2D eigenvalue weighted by Gasteiger charge is 2.22. The van der Waals surface area contributed by atoms with Gasteiger partial charge in [0.1, 0.15) is 11.6 Å². The highest BCUT2D eigenvalue weighted by Crippen LogP contribution is 2.24. The molecule has 0 saturated carbocycles. The summed E-state index contributed by atoms with van der Waals surface area (Å²) in [6.07, 6.45) is 6.36. The number of aromatic nitrogens is 2. The van der Waals surface area contributed by atoms with Gasteiger partial charge in [-0.2, -0.15) is 0 Å². The third-order valence-corrected chi connectivity index (χ3v) is 5.71. The molecule has 0 amide bonds. The summed E-state index contributed by atoms with van der Waals surface area (Å²) in [6.45, 7) is 6.96. The van der Waals surface area contributed by atoms with E-state index >= 15 is 0 Å². The third-order valence-electron chi connectivity index (χ3n) is 5.71. The second kappa shape index (κ2) is 10.6. The molecule has 6 heteroatoms. The lowest BCUT2D eigenvalue weighted by Crippen LogP contribution is -2.39. The normalized spacial score (nSPS) is 16.0. The Hall–Kier alpha value is -1.89. The molecular weight excluding hydrogens is 352 g/mol. The summed E-state index contributed by atoms with van der Waals surface area (Å²) in [6, 6.07) is 8.35. The monoisotopic (exact) mass is 386 g/mol. The fourth-order valence-corrected chi connectivity index (χ4v) is 3.97. The quantitative estimate of drug-likeness (QED) is 0.628. The molecule has 2 aromatic rings. The molecule has 0 bridgehead atoms. The van der Waals surface area contributed by atoms with Crippen LogP contribution in [-0.4, -0.2) is 66.4 Å². The molecule has 0 spiro atoms. The number of benzene rings is 1. The van der Waals surface area contributed by atoms with Gasteiger partial charge in [0.25, 0.3) is 0 Å². The van der Waals surface area contributed by atoms with Gasteiger partial charge in [-0.15, -0.1) is 0 Å². The molecule has 0 radical (unpaired) electrons. The van der Waals surface area contributed by atoms with Crippen molar-refractivity contribution in [2.75, 3.05) is 47.0 Å². The number of ether oxygens (including phenoxy) is 2. The van der Waals surface area contributed by atoms with Gasteiger partial charge in [-0.25, -0.2) is 4.98 Å². The number of aryl methyl sites for hydroxylation is 1. The standard InChI is InChI=1S/C22H34N4O2/c1-24-13-10-23-22(24)18-26(14-15-27-2)16-19-8-11-25(12-9-19)17-20-6-4-5-7-21(20)28-3/h4-7,10,13,19H,8-9,11-12,14-18H2,1-3H3. The molecule has 6 nitrogen and oxygen atoms in total. The maximum Gasteiger partial charge on any atom is 0.123 e. The average molecular weight is 387 g/mol. The van der Waals surface area contributed by atoms with Crippen LogP contribution in [0.1, 0.15) is 24.2 Å². The summed E-state index contributed by atoms with van der Waals surface area (Å²) in [5.41, 5.74) is 1.28. The van der Waals surface area contributed by atoms with Crippen LogP contribution >= 0.6 is 0 Å². The van der Waals surface area contributed by atoms with Crippen molar-refractivity contribution >= 4 is 0 Å². The first-order valence-electron chi connectivity index (χ1n) is 10.2. The lowest BCUT2D eigenvalue weighted by molar-refractivity contribution is 0.104. The molecule has 0 unspecified atom stereocenters. The number of nitrogens with zero attached hydrogens (tertiary/aromatic N) is 4. The van der Waals surface area contributed by atoms with Crippen molar-refractivity contribution < 1.29 is 9.47 Å². The second-order valence-corrected chi connectivity index (χ2v) is 7.71. The smallest absolute Gasteiger partial charge is 0.123 e. The van der Waals surface area contributed by atoms with Crippen LogP contribution in [0.4, 0.5) is 0 Å². The second-order valence-electron chi connectivity index (χ2n) is 7.71. The molecule has 0 atom stereocenters. The number of methoxy groups -OCH3 is 2. The van der Waals surface area contributed by atoms with Crippen LogP contribution in [-0.2, 0) is 24.9 Å². The average Bonchev–Trinajstić information content (AvgIpc) is 3.12. The molecule has 0 N–H and O–H groups in total. The highest BCUT2D eigenvalue weighted by atomic mass is 16.5. The fraction of sp³-hybridized carbons (Fsp3) is 0.591. The van der Waals surface area contributed by atoms with Crippen molar-refractivity contribution in [3.8, 4) is 5.75 Å². The van der Waals surface area contributed by atoms with Crippen LogP contribution in [0.25, 0.3) is 0 Å². The summed E-state index contributed by atoms with van der Waals surface area (Å²) < 4.78 is 12.9. The van der Waals surface area contributed by atoms with E-state index < -0.39 is 0 Å². The largest absolute Gasteiger partial charge is 0.496 e. The highest BCUT2D eigenvalue weighted by molar-refractivity contribution is 5.33. The zero-order chi connectivity index (χ0) is 19.8. The molecule has 1 saturated heterocycles. The van der Waals surface area contributed by atoms with Crippen molar-refractivity contribution in [2.24, 2.45) is 13.0 Å². The fourth-order valence-electron chi connectivity index (χ4n) is 3.97. The van der Waals surface area contributed by atoms with Gasteiger partial charge in [0, 0.05) is 51.7 Å². The van der Waals surface area contributed by atoms with E-state index in [-0.39, 0.29) is 0 Å². The van der Waals surface area contributed by atoms with Crippen molar-refractivity contribution in [3.05, 3.63) is 48.0 Å². The van der Waals surface area contributed by atoms with Gasteiger partial charge in [-0.3, -0.25) is 9.80 Å². The van der Waals surface area contributed by atoms with E-state index in [1.165, 1.54) is 18.4 Å². The molecular formula is C22H34N4O2.